The molecule has 1 aromatic carbocycles. The van der Waals surface area contributed by atoms with Gasteiger partial charge in [-0.25, -0.2) is 9.78 Å². The number of H-pyrrole nitrogens is 1. The first kappa shape index (κ1) is 18.9. The molecule has 2 saturated heterocycles. The standard InChI is InChI=1S/C22H26N6O2/c1-15(16-5-3-2-4-6-16)24-21(29)25-19-11-18-17(12-23-19)20(27-26-18)28-9-7-22(8-10-28)13-30-14-22/h2-6,11-12,15H,7-10,13-14H2,1H3,(H,26,27)(H2,23,24,25,29). The molecule has 2 aromatic heterocycles. The van der Waals surface area contributed by atoms with Crippen molar-refractivity contribution < 1.29 is 9.53 Å². The zero-order valence-corrected chi connectivity index (χ0v) is 17.0. The Morgan fingerprint density at radius 2 is 2.00 bits per heavy atom. The lowest BCUT2D eigenvalue weighted by Gasteiger charge is -2.47. The SMILES string of the molecule is CC(NC(=O)Nc1cc2[nH]nc(N3CCC4(CC3)COC4)c2cn1)c1ccccc1. The molecule has 0 aliphatic carbocycles. The van der Waals surface area contributed by atoms with Gasteiger partial charge in [-0.2, -0.15) is 5.10 Å². The van der Waals surface area contributed by atoms with Crippen LogP contribution in [-0.2, 0) is 4.74 Å². The first-order valence-electron chi connectivity index (χ1n) is 10.4. The maximum atomic E-state index is 12.4. The molecule has 2 fully saturated rings. The average molecular weight is 406 g/mol. The van der Waals surface area contributed by atoms with E-state index in [0.717, 1.165) is 61.4 Å². The van der Waals surface area contributed by atoms with Crippen LogP contribution in [0.1, 0.15) is 31.4 Å². The number of ether oxygens (including phenoxy) is 1. The lowest BCUT2D eigenvalue weighted by Crippen LogP contribution is -2.51. The molecular formula is C22H26N6O2. The summed E-state index contributed by atoms with van der Waals surface area (Å²) in [7, 11) is 0. The van der Waals surface area contributed by atoms with Crippen molar-refractivity contribution in [2.75, 3.05) is 36.5 Å². The number of fused-ring (bicyclic) bond motifs is 1. The van der Waals surface area contributed by atoms with Crippen LogP contribution in [0.5, 0.6) is 0 Å². The molecular weight excluding hydrogens is 380 g/mol. The number of hydrogen-bond donors (Lipinski definition) is 3. The van der Waals surface area contributed by atoms with Gasteiger partial charge in [0.15, 0.2) is 5.82 Å². The molecule has 1 unspecified atom stereocenters. The summed E-state index contributed by atoms with van der Waals surface area (Å²) in [5.74, 6) is 1.42. The number of rotatable bonds is 4. The number of aromatic nitrogens is 3. The highest BCUT2D eigenvalue weighted by Gasteiger charge is 2.41. The van der Waals surface area contributed by atoms with E-state index >= 15 is 0 Å². The Hall–Kier alpha value is -3.13. The summed E-state index contributed by atoms with van der Waals surface area (Å²) in [6, 6.07) is 11.3. The lowest BCUT2D eigenvalue weighted by atomic mass is 9.77. The summed E-state index contributed by atoms with van der Waals surface area (Å²) in [5.41, 5.74) is 2.30. The number of piperidine rings is 1. The Labute approximate surface area is 175 Å². The van der Waals surface area contributed by atoms with E-state index in [4.69, 9.17) is 4.74 Å². The van der Waals surface area contributed by atoms with Gasteiger partial charge in [-0.05, 0) is 25.3 Å². The number of pyridine rings is 1. The van der Waals surface area contributed by atoms with Crippen molar-refractivity contribution in [1.29, 1.82) is 0 Å². The lowest BCUT2D eigenvalue weighted by molar-refractivity contribution is -0.124. The van der Waals surface area contributed by atoms with Crippen LogP contribution in [0.4, 0.5) is 16.4 Å². The minimum Gasteiger partial charge on any atom is -0.380 e. The smallest absolute Gasteiger partial charge is 0.320 e. The van der Waals surface area contributed by atoms with E-state index in [-0.39, 0.29) is 12.1 Å². The number of urea groups is 1. The maximum absolute atomic E-state index is 12.4. The molecule has 2 amide bonds. The van der Waals surface area contributed by atoms with Gasteiger partial charge in [-0.15, -0.1) is 0 Å². The topological polar surface area (TPSA) is 95.2 Å². The molecule has 2 aliphatic heterocycles. The molecule has 0 bridgehead atoms. The van der Waals surface area contributed by atoms with Crippen LogP contribution >= 0.6 is 0 Å². The Morgan fingerprint density at radius 3 is 2.70 bits per heavy atom. The molecule has 2 aliphatic rings. The van der Waals surface area contributed by atoms with Gasteiger partial charge >= 0.3 is 6.03 Å². The first-order chi connectivity index (χ1) is 14.6. The van der Waals surface area contributed by atoms with Gasteiger partial charge in [-0.1, -0.05) is 30.3 Å². The first-order valence-corrected chi connectivity index (χ1v) is 10.4. The molecule has 8 nitrogen and oxygen atoms in total. The average Bonchev–Trinajstić information content (AvgIpc) is 3.16. The number of carbonyl (C=O) groups excluding carboxylic acids is 1. The third-order valence-corrected chi connectivity index (χ3v) is 6.26. The predicted molar refractivity (Wildman–Crippen MR) is 116 cm³/mol. The Kier molecular flexibility index (Phi) is 4.78. The molecule has 1 spiro atoms. The van der Waals surface area contributed by atoms with Crippen molar-refractivity contribution in [2.45, 2.75) is 25.8 Å². The second kappa shape index (κ2) is 7.60. The van der Waals surface area contributed by atoms with Crippen LogP contribution in [0, 0.1) is 5.41 Å². The van der Waals surface area contributed by atoms with Crippen molar-refractivity contribution in [2.24, 2.45) is 5.41 Å². The molecule has 4 heterocycles. The molecule has 3 N–H and O–H groups in total. The molecule has 0 radical (unpaired) electrons. The van der Waals surface area contributed by atoms with Crippen LogP contribution in [0.2, 0.25) is 0 Å². The Bertz CT molecular complexity index is 1040. The van der Waals surface area contributed by atoms with Gasteiger partial charge in [0.25, 0.3) is 0 Å². The number of nitrogens with zero attached hydrogens (tertiary/aromatic N) is 3. The number of anilines is 2. The number of amides is 2. The second-order valence-corrected chi connectivity index (χ2v) is 8.37. The highest BCUT2D eigenvalue weighted by molar-refractivity contribution is 5.94. The van der Waals surface area contributed by atoms with Crippen molar-refractivity contribution in [1.82, 2.24) is 20.5 Å². The fourth-order valence-electron chi connectivity index (χ4n) is 4.26. The minimum absolute atomic E-state index is 0.0999. The normalized spacial score (nSPS) is 18.8. The Balaban J connectivity index is 1.24. The molecule has 1 atom stereocenters. The van der Waals surface area contributed by atoms with E-state index in [0.29, 0.717) is 11.2 Å². The third kappa shape index (κ3) is 3.59. The zero-order chi connectivity index (χ0) is 20.6. The van der Waals surface area contributed by atoms with E-state index in [1.807, 2.05) is 43.3 Å². The number of aromatic amines is 1. The van der Waals surface area contributed by atoms with Gasteiger partial charge < -0.3 is 15.0 Å². The van der Waals surface area contributed by atoms with Gasteiger partial charge in [0, 0.05) is 30.8 Å². The highest BCUT2D eigenvalue weighted by Crippen LogP contribution is 2.40. The summed E-state index contributed by atoms with van der Waals surface area (Å²) >= 11 is 0. The molecule has 0 saturated carbocycles. The second-order valence-electron chi connectivity index (χ2n) is 8.37. The van der Waals surface area contributed by atoms with Crippen LogP contribution in [0.15, 0.2) is 42.6 Å². The van der Waals surface area contributed by atoms with Gasteiger partial charge in [0.2, 0.25) is 0 Å². The number of nitrogens with one attached hydrogen (secondary N) is 3. The summed E-state index contributed by atoms with van der Waals surface area (Å²) < 4.78 is 5.42. The molecule has 5 rings (SSSR count). The fraction of sp³-hybridized carbons (Fsp3) is 0.409. The van der Waals surface area contributed by atoms with E-state index in [1.165, 1.54) is 0 Å². The van der Waals surface area contributed by atoms with Crippen molar-refractivity contribution in [3.8, 4) is 0 Å². The van der Waals surface area contributed by atoms with Crippen molar-refractivity contribution in [3.63, 3.8) is 0 Å². The quantitative estimate of drug-likeness (QED) is 0.617. The predicted octanol–water partition coefficient (Wildman–Crippen LogP) is 3.46. The van der Waals surface area contributed by atoms with Gasteiger partial charge in [0.05, 0.1) is 30.2 Å². The van der Waals surface area contributed by atoms with E-state index in [1.54, 1.807) is 6.20 Å². The summed E-state index contributed by atoms with van der Waals surface area (Å²) in [4.78, 5) is 19.1. The highest BCUT2D eigenvalue weighted by atomic mass is 16.5. The maximum Gasteiger partial charge on any atom is 0.320 e. The van der Waals surface area contributed by atoms with E-state index in [2.05, 4.69) is 30.7 Å². The van der Waals surface area contributed by atoms with E-state index in [9.17, 15) is 4.79 Å². The third-order valence-electron chi connectivity index (χ3n) is 6.26. The van der Waals surface area contributed by atoms with Crippen LogP contribution in [-0.4, -0.2) is 47.5 Å². The fourth-order valence-corrected chi connectivity index (χ4v) is 4.26. The largest absolute Gasteiger partial charge is 0.380 e. The molecule has 156 valence electrons. The van der Waals surface area contributed by atoms with E-state index < -0.39 is 0 Å². The van der Waals surface area contributed by atoms with Gasteiger partial charge in [0.1, 0.15) is 5.82 Å². The minimum atomic E-state index is -0.290. The zero-order valence-electron chi connectivity index (χ0n) is 17.0. The monoisotopic (exact) mass is 406 g/mol. The summed E-state index contributed by atoms with van der Waals surface area (Å²) in [6.45, 7) is 5.69. The van der Waals surface area contributed by atoms with Crippen molar-refractivity contribution in [3.05, 3.63) is 48.2 Å². The number of carbonyl (C=O) groups is 1. The summed E-state index contributed by atoms with van der Waals surface area (Å²) in [5, 5.41) is 14.3. The molecule has 8 heteroatoms. The van der Waals surface area contributed by atoms with Crippen LogP contribution < -0.4 is 15.5 Å². The van der Waals surface area contributed by atoms with Gasteiger partial charge in [-0.3, -0.25) is 10.4 Å². The number of hydrogen-bond acceptors (Lipinski definition) is 5. The molecule has 30 heavy (non-hydrogen) atoms. The molecule has 3 aromatic rings. The van der Waals surface area contributed by atoms with Crippen molar-refractivity contribution >= 4 is 28.6 Å². The van der Waals surface area contributed by atoms with Crippen LogP contribution in [0.25, 0.3) is 10.9 Å². The number of benzene rings is 1. The summed E-state index contributed by atoms with van der Waals surface area (Å²) in [6.07, 6.45) is 4.05. The van der Waals surface area contributed by atoms with Crippen LogP contribution in [0.3, 0.4) is 0 Å². The Morgan fingerprint density at radius 1 is 1.23 bits per heavy atom.